The number of halogens is 3. The van der Waals surface area contributed by atoms with Gasteiger partial charge in [0.25, 0.3) is 0 Å². The lowest BCUT2D eigenvalue weighted by molar-refractivity contribution is -0.141. The second-order valence-corrected chi connectivity index (χ2v) is 5.47. The van der Waals surface area contributed by atoms with Gasteiger partial charge in [-0.3, -0.25) is 0 Å². The first-order valence-electron chi connectivity index (χ1n) is 6.86. The topological polar surface area (TPSA) is 16.1 Å². The van der Waals surface area contributed by atoms with Crippen molar-refractivity contribution in [2.24, 2.45) is 5.92 Å². The van der Waals surface area contributed by atoms with E-state index in [-0.39, 0.29) is 0 Å². The Morgan fingerprint density at radius 3 is 2.68 bits per heavy atom. The molecular formula is C14H17F3N2. The molecule has 2 heterocycles. The maximum absolute atomic E-state index is 12.7. The quantitative estimate of drug-likeness (QED) is 0.770. The molecule has 1 aliphatic heterocycles. The molecule has 1 aliphatic carbocycles. The third kappa shape index (κ3) is 2.42. The maximum atomic E-state index is 12.7. The van der Waals surface area contributed by atoms with Crippen LogP contribution >= 0.6 is 0 Å². The fourth-order valence-electron chi connectivity index (χ4n) is 3.43. The molecule has 0 amide bonds. The third-order valence-corrected chi connectivity index (χ3v) is 4.33. The zero-order valence-electron chi connectivity index (χ0n) is 10.7. The highest BCUT2D eigenvalue weighted by Gasteiger charge is 2.38. The molecule has 2 fully saturated rings. The first kappa shape index (κ1) is 12.8. The van der Waals surface area contributed by atoms with Crippen molar-refractivity contribution in [3.63, 3.8) is 0 Å². The van der Waals surface area contributed by atoms with E-state index in [0.29, 0.717) is 17.8 Å². The summed E-state index contributed by atoms with van der Waals surface area (Å²) in [5.41, 5.74) is -0.788. The normalized spacial score (nSPS) is 27.4. The molecule has 5 heteroatoms. The fourth-order valence-corrected chi connectivity index (χ4v) is 3.43. The zero-order valence-corrected chi connectivity index (χ0v) is 10.7. The lowest BCUT2D eigenvalue weighted by Crippen LogP contribution is -2.35. The highest BCUT2D eigenvalue weighted by molar-refractivity contribution is 5.43. The minimum atomic E-state index is -4.36. The lowest BCUT2D eigenvalue weighted by atomic mass is 9.85. The van der Waals surface area contributed by atoms with E-state index in [2.05, 4.69) is 9.88 Å². The van der Waals surface area contributed by atoms with Crippen molar-refractivity contribution in [1.29, 1.82) is 0 Å². The summed E-state index contributed by atoms with van der Waals surface area (Å²) in [6.45, 7) is 0.837. The molecule has 1 aromatic rings. The van der Waals surface area contributed by atoms with Crippen LogP contribution in [0, 0.1) is 5.92 Å². The van der Waals surface area contributed by atoms with Crippen LogP contribution in [0.5, 0.6) is 0 Å². The number of rotatable bonds is 1. The Morgan fingerprint density at radius 1 is 1.11 bits per heavy atom. The van der Waals surface area contributed by atoms with Gasteiger partial charge in [0, 0.05) is 12.6 Å². The van der Waals surface area contributed by atoms with E-state index in [0.717, 1.165) is 25.5 Å². The van der Waals surface area contributed by atoms with Gasteiger partial charge in [-0.1, -0.05) is 18.9 Å². The standard InChI is InChI=1S/C14H17F3N2/c15-14(16,17)12-6-3-7-13(18-12)19-9-8-10-4-1-2-5-11(10)19/h3,6-7,10-11H,1-2,4-5,8-9H2. The molecule has 2 atom stereocenters. The van der Waals surface area contributed by atoms with Gasteiger partial charge in [0.05, 0.1) is 0 Å². The molecule has 0 spiro atoms. The number of aromatic nitrogens is 1. The average Bonchev–Trinajstić information content (AvgIpc) is 2.82. The summed E-state index contributed by atoms with van der Waals surface area (Å²) in [5, 5.41) is 0. The molecule has 2 unspecified atom stereocenters. The van der Waals surface area contributed by atoms with Crippen molar-refractivity contribution < 1.29 is 13.2 Å². The molecular weight excluding hydrogens is 253 g/mol. The van der Waals surface area contributed by atoms with Crippen LogP contribution in [0.15, 0.2) is 18.2 Å². The second kappa shape index (κ2) is 4.69. The van der Waals surface area contributed by atoms with E-state index in [1.807, 2.05) is 0 Å². The van der Waals surface area contributed by atoms with Crippen molar-refractivity contribution in [2.45, 2.75) is 44.3 Å². The Morgan fingerprint density at radius 2 is 1.89 bits per heavy atom. The van der Waals surface area contributed by atoms with E-state index in [9.17, 15) is 13.2 Å². The first-order valence-corrected chi connectivity index (χ1v) is 6.86. The smallest absolute Gasteiger partial charge is 0.353 e. The molecule has 0 radical (unpaired) electrons. The minimum Gasteiger partial charge on any atom is -0.353 e. The van der Waals surface area contributed by atoms with Crippen LogP contribution in [0.1, 0.15) is 37.8 Å². The highest BCUT2D eigenvalue weighted by Crippen LogP contribution is 2.39. The number of hydrogen-bond donors (Lipinski definition) is 0. The van der Waals surface area contributed by atoms with Crippen LogP contribution in [-0.4, -0.2) is 17.6 Å². The summed E-state index contributed by atoms with van der Waals surface area (Å²) >= 11 is 0. The van der Waals surface area contributed by atoms with Crippen molar-refractivity contribution >= 4 is 5.82 Å². The minimum absolute atomic E-state index is 0.393. The van der Waals surface area contributed by atoms with Gasteiger partial charge in [-0.2, -0.15) is 13.2 Å². The zero-order chi connectivity index (χ0) is 13.5. The SMILES string of the molecule is FC(F)(F)c1cccc(N2CCC3CCCCC32)n1. The molecule has 104 valence electrons. The molecule has 0 bridgehead atoms. The number of nitrogens with zero attached hydrogens (tertiary/aromatic N) is 2. The van der Waals surface area contributed by atoms with Crippen LogP contribution < -0.4 is 4.90 Å². The van der Waals surface area contributed by atoms with Crippen LogP contribution in [0.2, 0.25) is 0 Å². The number of fused-ring (bicyclic) bond motifs is 1. The lowest BCUT2D eigenvalue weighted by Gasteiger charge is -2.32. The summed E-state index contributed by atoms with van der Waals surface area (Å²) < 4.78 is 38.1. The van der Waals surface area contributed by atoms with Gasteiger partial charge < -0.3 is 4.90 Å². The Labute approximate surface area is 110 Å². The van der Waals surface area contributed by atoms with Gasteiger partial charge in [-0.25, -0.2) is 4.98 Å². The summed E-state index contributed by atoms with van der Waals surface area (Å²) in [6, 6.07) is 4.59. The Hall–Kier alpha value is -1.26. The fraction of sp³-hybridized carbons (Fsp3) is 0.643. The van der Waals surface area contributed by atoms with Crippen LogP contribution in [-0.2, 0) is 6.18 Å². The van der Waals surface area contributed by atoms with Gasteiger partial charge in [0.15, 0.2) is 0 Å². The maximum Gasteiger partial charge on any atom is 0.433 e. The summed E-state index contributed by atoms with van der Waals surface area (Å²) in [6.07, 6.45) is 1.45. The van der Waals surface area contributed by atoms with Crippen molar-refractivity contribution in [3.8, 4) is 0 Å². The molecule has 0 N–H and O–H groups in total. The van der Waals surface area contributed by atoms with E-state index >= 15 is 0 Å². The van der Waals surface area contributed by atoms with Crippen molar-refractivity contribution in [3.05, 3.63) is 23.9 Å². The first-order chi connectivity index (χ1) is 9.05. The molecule has 1 saturated carbocycles. The average molecular weight is 270 g/mol. The van der Waals surface area contributed by atoms with Crippen LogP contribution in [0.4, 0.5) is 19.0 Å². The number of pyridine rings is 1. The molecule has 19 heavy (non-hydrogen) atoms. The molecule has 0 aromatic carbocycles. The van der Waals surface area contributed by atoms with E-state index in [1.54, 1.807) is 6.07 Å². The Bertz CT molecular complexity index is 458. The third-order valence-electron chi connectivity index (χ3n) is 4.33. The second-order valence-electron chi connectivity index (χ2n) is 5.47. The number of hydrogen-bond acceptors (Lipinski definition) is 2. The monoisotopic (exact) mass is 270 g/mol. The summed E-state index contributed by atoms with van der Waals surface area (Å²) in [7, 11) is 0. The van der Waals surface area contributed by atoms with Crippen molar-refractivity contribution in [2.75, 3.05) is 11.4 Å². The Kier molecular flexibility index (Phi) is 3.15. The van der Waals surface area contributed by atoms with E-state index in [1.165, 1.54) is 25.3 Å². The van der Waals surface area contributed by atoms with Gasteiger partial charge in [0.1, 0.15) is 11.5 Å². The van der Waals surface area contributed by atoms with E-state index < -0.39 is 11.9 Å². The molecule has 3 rings (SSSR count). The van der Waals surface area contributed by atoms with Crippen molar-refractivity contribution in [1.82, 2.24) is 4.98 Å². The van der Waals surface area contributed by atoms with Gasteiger partial charge in [-0.15, -0.1) is 0 Å². The molecule has 2 aliphatic rings. The number of anilines is 1. The predicted molar refractivity (Wildman–Crippen MR) is 66.9 cm³/mol. The Balaban J connectivity index is 1.86. The van der Waals surface area contributed by atoms with Crippen LogP contribution in [0.3, 0.4) is 0 Å². The van der Waals surface area contributed by atoms with Gasteiger partial charge >= 0.3 is 6.18 Å². The van der Waals surface area contributed by atoms with E-state index in [4.69, 9.17) is 0 Å². The molecule has 1 saturated heterocycles. The molecule has 2 nitrogen and oxygen atoms in total. The molecule has 1 aromatic heterocycles. The van der Waals surface area contributed by atoms with Gasteiger partial charge in [-0.05, 0) is 37.3 Å². The predicted octanol–water partition coefficient (Wildman–Crippen LogP) is 3.87. The van der Waals surface area contributed by atoms with Gasteiger partial charge in [0.2, 0.25) is 0 Å². The summed E-state index contributed by atoms with van der Waals surface area (Å²) in [4.78, 5) is 5.90. The largest absolute Gasteiger partial charge is 0.433 e. The number of alkyl halides is 3. The summed E-state index contributed by atoms with van der Waals surface area (Å²) in [5.74, 6) is 1.13. The highest BCUT2D eigenvalue weighted by atomic mass is 19.4. The van der Waals surface area contributed by atoms with Crippen LogP contribution in [0.25, 0.3) is 0 Å².